The third-order valence-corrected chi connectivity index (χ3v) is 7.01. The summed E-state index contributed by atoms with van der Waals surface area (Å²) >= 11 is 12.6. The largest absolute Gasteiger partial charge is 0.486 e. The van der Waals surface area contributed by atoms with Gasteiger partial charge in [0.1, 0.15) is 11.9 Å². The minimum Gasteiger partial charge on any atom is -0.486 e. The maximum atomic E-state index is 13.1. The molecule has 1 fully saturated rings. The Morgan fingerprint density at radius 1 is 1.08 bits per heavy atom. The number of halogens is 2. The number of pyridine rings is 1. The van der Waals surface area contributed by atoms with Crippen molar-refractivity contribution in [3.63, 3.8) is 0 Å². The lowest BCUT2D eigenvalue weighted by Gasteiger charge is -2.37. The fourth-order valence-electron chi connectivity index (χ4n) is 4.80. The van der Waals surface area contributed by atoms with Crippen LogP contribution in [0.2, 0.25) is 10.0 Å². The number of benzene rings is 2. The van der Waals surface area contributed by atoms with E-state index in [2.05, 4.69) is 44.6 Å². The normalized spacial score (nSPS) is 18.6. The molecule has 2 aromatic heterocycles. The van der Waals surface area contributed by atoms with Gasteiger partial charge in [-0.1, -0.05) is 23.2 Å². The van der Waals surface area contributed by atoms with Gasteiger partial charge in [-0.05, 0) is 63.2 Å². The van der Waals surface area contributed by atoms with E-state index >= 15 is 0 Å². The zero-order valence-electron chi connectivity index (χ0n) is 20.8. The van der Waals surface area contributed by atoms with Gasteiger partial charge in [0.2, 0.25) is 0 Å². The highest BCUT2D eigenvalue weighted by atomic mass is 35.5. The summed E-state index contributed by atoms with van der Waals surface area (Å²) < 4.78 is 6.10. The van der Waals surface area contributed by atoms with Crippen LogP contribution in [-0.2, 0) is 0 Å². The van der Waals surface area contributed by atoms with Gasteiger partial charge in [-0.15, -0.1) is 0 Å². The fourth-order valence-corrected chi connectivity index (χ4v) is 5.47. The van der Waals surface area contributed by atoms with Gasteiger partial charge in [0.15, 0.2) is 5.69 Å². The molecule has 0 bridgehead atoms. The number of hydrogen-bond acceptors (Lipinski definition) is 6. The lowest BCUT2D eigenvalue weighted by Crippen LogP contribution is -2.54. The SMILES string of the molecule is C[C@@H]1CN(c2ccc(NC(=O)c3n[nH]c4ccc(O[C@H](C)c5c(Cl)cncc5Cl)cc34)cc2)C[C@H](C)N1. The second-order valence-electron chi connectivity index (χ2n) is 9.43. The van der Waals surface area contributed by atoms with Crippen LogP contribution in [0, 0.1) is 0 Å². The third-order valence-electron chi connectivity index (χ3n) is 6.41. The molecule has 1 aliphatic heterocycles. The Kier molecular flexibility index (Phi) is 7.24. The standard InChI is InChI=1S/C27H28Cl2N6O2/c1-15-13-35(14-16(2)31-15)19-6-4-18(5-7-19)32-27(36)26-21-10-20(8-9-24(21)33-34-26)37-17(3)25-22(28)11-30-12-23(25)29/h4-12,15-17,31H,13-14H2,1-3H3,(H,32,36)(H,33,34)/t15-,16+,17-/m1/s1. The zero-order valence-corrected chi connectivity index (χ0v) is 22.3. The number of aromatic amines is 1. The number of anilines is 2. The van der Waals surface area contributed by atoms with Gasteiger partial charge < -0.3 is 20.3 Å². The Hall–Kier alpha value is -3.33. The van der Waals surface area contributed by atoms with Crippen LogP contribution < -0.4 is 20.3 Å². The molecule has 37 heavy (non-hydrogen) atoms. The van der Waals surface area contributed by atoms with Crippen LogP contribution in [0.3, 0.4) is 0 Å². The second kappa shape index (κ2) is 10.6. The van der Waals surface area contributed by atoms with Gasteiger partial charge in [0.25, 0.3) is 5.91 Å². The molecule has 0 saturated carbocycles. The molecular formula is C27H28Cl2N6O2. The van der Waals surface area contributed by atoms with Crippen LogP contribution in [0.25, 0.3) is 10.9 Å². The van der Waals surface area contributed by atoms with Crippen LogP contribution in [0.4, 0.5) is 11.4 Å². The van der Waals surface area contributed by atoms with Crippen molar-refractivity contribution in [2.45, 2.75) is 39.0 Å². The van der Waals surface area contributed by atoms with Gasteiger partial charge in [0.05, 0.1) is 15.6 Å². The summed E-state index contributed by atoms with van der Waals surface area (Å²) in [6.45, 7) is 8.11. The number of nitrogens with zero attached hydrogens (tertiary/aromatic N) is 3. The van der Waals surface area contributed by atoms with Crippen molar-refractivity contribution in [3.05, 3.63) is 76.2 Å². The first kappa shape index (κ1) is 25.3. The summed E-state index contributed by atoms with van der Waals surface area (Å²) in [7, 11) is 0. The van der Waals surface area contributed by atoms with Gasteiger partial charge in [-0.3, -0.25) is 14.9 Å². The first-order valence-electron chi connectivity index (χ1n) is 12.1. The van der Waals surface area contributed by atoms with E-state index in [0.29, 0.717) is 44.5 Å². The van der Waals surface area contributed by atoms with E-state index in [1.54, 1.807) is 12.1 Å². The first-order chi connectivity index (χ1) is 17.8. The average Bonchev–Trinajstić information content (AvgIpc) is 3.27. The molecule has 2 aromatic carbocycles. The second-order valence-corrected chi connectivity index (χ2v) is 10.2. The third kappa shape index (κ3) is 5.51. The van der Waals surface area contributed by atoms with Crippen molar-refractivity contribution in [2.24, 2.45) is 0 Å². The van der Waals surface area contributed by atoms with Crippen LogP contribution >= 0.6 is 23.2 Å². The number of carbonyl (C=O) groups is 1. The average molecular weight is 539 g/mol. The van der Waals surface area contributed by atoms with Crippen LogP contribution in [0.1, 0.15) is 42.9 Å². The number of fused-ring (bicyclic) bond motifs is 1. The van der Waals surface area contributed by atoms with E-state index in [1.165, 1.54) is 12.4 Å². The maximum Gasteiger partial charge on any atom is 0.276 e. The molecule has 1 aliphatic rings. The Morgan fingerprint density at radius 2 is 1.76 bits per heavy atom. The molecule has 0 unspecified atom stereocenters. The van der Waals surface area contributed by atoms with Crippen LogP contribution in [-0.4, -0.2) is 46.3 Å². The molecule has 4 aromatic rings. The Balaban J connectivity index is 1.31. The highest BCUT2D eigenvalue weighted by Crippen LogP contribution is 2.33. The predicted molar refractivity (Wildman–Crippen MR) is 148 cm³/mol. The minimum atomic E-state index is -0.426. The first-order valence-corrected chi connectivity index (χ1v) is 12.9. The number of H-pyrrole nitrogens is 1. The van der Waals surface area contributed by atoms with E-state index < -0.39 is 6.10 Å². The van der Waals surface area contributed by atoms with E-state index in [1.807, 2.05) is 37.3 Å². The smallest absolute Gasteiger partial charge is 0.276 e. The molecule has 3 atom stereocenters. The van der Waals surface area contributed by atoms with Crippen LogP contribution in [0.15, 0.2) is 54.9 Å². The highest BCUT2D eigenvalue weighted by molar-refractivity contribution is 6.35. The molecule has 0 aliphatic carbocycles. The Labute approximate surface area is 225 Å². The molecule has 1 amide bonds. The molecule has 10 heteroatoms. The molecule has 5 rings (SSSR count). The summed E-state index contributed by atoms with van der Waals surface area (Å²) in [6.07, 6.45) is 2.63. The highest BCUT2D eigenvalue weighted by Gasteiger charge is 2.22. The number of piperazine rings is 1. The van der Waals surface area contributed by atoms with E-state index in [0.717, 1.165) is 24.3 Å². The number of ether oxygens (including phenoxy) is 1. The van der Waals surface area contributed by atoms with Crippen molar-refractivity contribution < 1.29 is 9.53 Å². The summed E-state index contributed by atoms with van der Waals surface area (Å²) in [6, 6.07) is 14.1. The van der Waals surface area contributed by atoms with Gasteiger partial charge >= 0.3 is 0 Å². The van der Waals surface area contributed by atoms with Crippen molar-refractivity contribution >= 4 is 51.4 Å². The fraction of sp³-hybridized carbons (Fsp3) is 0.296. The van der Waals surface area contributed by atoms with Crippen LogP contribution in [0.5, 0.6) is 5.75 Å². The number of nitrogens with one attached hydrogen (secondary N) is 3. The minimum absolute atomic E-state index is 0.280. The number of rotatable bonds is 6. The summed E-state index contributed by atoms with van der Waals surface area (Å²) in [5, 5.41) is 15.2. The lowest BCUT2D eigenvalue weighted by molar-refractivity contribution is 0.102. The molecule has 1 saturated heterocycles. The predicted octanol–water partition coefficient (Wildman–Crippen LogP) is 5.84. The summed E-state index contributed by atoms with van der Waals surface area (Å²) in [5.74, 6) is 0.247. The summed E-state index contributed by atoms with van der Waals surface area (Å²) in [5.41, 5.74) is 3.49. The molecular weight excluding hydrogens is 511 g/mol. The number of aromatic nitrogens is 3. The molecule has 0 spiro atoms. The number of hydrogen-bond donors (Lipinski definition) is 3. The van der Waals surface area contributed by atoms with Crippen molar-refractivity contribution in [1.29, 1.82) is 0 Å². The van der Waals surface area contributed by atoms with E-state index in [-0.39, 0.29) is 11.6 Å². The quantitative estimate of drug-likeness (QED) is 0.285. The maximum absolute atomic E-state index is 13.1. The zero-order chi connectivity index (χ0) is 26.1. The molecule has 3 N–H and O–H groups in total. The van der Waals surface area contributed by atoms with Gasteiger partial charge in [-0.25, -0.2) is 0 Å². The topological polar surface area (TPSA) is 95.2 Å². The van der Waals surface area contributed by atoms with E-state index in [4.69, 9.17) is 27.9 Å². The monoisotopic (exact) mass is 538 g/mol. The van der Waals surface area contributed by atoms with Crippen molar-refractivity contribution in [2.75, 3.05) is 23.3 Å². The lowest BCUT2D eigenvalue weighted by atomic mass is 10.1. The molecule has 0 radical (unpaired) electrons. The number of amides is 1. The van der Waals surface area contributed by atoms with Gasteiger partial charge in [0, 0.05) is 59.9 Å². The Bertz CT molecular complexity index is 1390. The van der Waals surface area contributed by atoms with Crippen molar-refractivity contribution in [1.82, 2.24) is 20.5 Å². The molecule has 3 heterocycles. The van der Waals surface area contributed by atoms with Gasteiger partial charge in [-0.2, -0.15) is 5.10 Å². The summed E-state index contributed by atoms with van der Waals surface area (Å²) in [4.78, 5) is 19.5. The number of carbonyl (C=O) groups excluding carboxylic acids is 1. The van der Waals surface area contributed by atoms with Crippen molar-refractivity contribution in [3.8, 4) is 5.75 Å². The molecule has 192 valence electrons. The molecule has 8 nitrogen and oxygen atoms in total. The Morgan fingerprint density at radius 3 is 2.43 bits per heavy atom. The van der Waals surface area contributed by atoms with E-state index in [9.17, 15) is 4.79 Å².